The number of sulfonamides is 3. The molecular formula is C56H69N15O7S3. The summed E-state index contributed by atoms with van der Waals surface area (Å²) in [6.07, 6.45) is 11.6. The molecule has 4 saturated heterocycles. The van der Waals surface area contributed by atoms with Gasteiger partial charge < -0.3 is 19.6 Å². The predicted octanol–water partition coefficient (Wildman–Crippen LogP) is 5.79. The van der Waals surface area contributed by atoms with E-state index in [1.807, 2.05) is 115 Å². The lowest BCUT2D eigenvalue weighted by Gasteiger charge is -2.35. The summed E-state index contributed by atoms with van der Waals surface area (Å²) in [6, 6.07) is 33.7. The third-order valence-electron chi connectivity index (χ3n) is 15.5. The summed E-state index contributed by atoms with van der Waals surface area (Å²) in [5, 5.41) is 32.7. The fraction of sp³-hybridized carbons (Fsp3) is 0.375. The molecule has 0 aliphatic carbocycles. The number of hydrogen-bond acceptors (Lipinski definition) is 14. The fourth-order valence-electron chi connectivity index (χ4n) is 11.1. The van der Waals surface area contributed by atoms with Gasteiger partial charge in [0.1, 0.15) is 0 Å². The van der Waals surface area contributed by atoms with Gasteiger partial charge in [-0.05, 0) is 72.4 Å². The SMILES string of the molecule is CC(=O)N1CCN(c2cccc3[nH]ncc23)CC1.CS(=O)(=O)N1CCC(c2cccc3[nH]ncc23)CC1.CS(=O)(=O)N1CCN(c2cccc3[nH]ncc23)CC1.O=S(=O)(Cc1ccccc1)N1CCN(c2cccc3[nH]ncc23)CC1. The van der Waals surface area contributed by atoms with Gasteiger partial charge >= 0.3 is 0 Å². The van der Waals surface area contributed by atoms with Gasteiger partial charge in [0.2, 0.25) is 36.0 Å². The van der Waals surface area contributed by atoms with Gasteiger partial charge in [0.15, 0.2) is 0 Å². The van der Waals surface area contributed by atoms with Crippen molar-refractivity contribution < 1.29 is 30.0 Å². The first-order chi connectivity index (χ1) is 39.0. The Balaban J connectivity index is 0.000000122. The summed E-state index contributed by atoms with van der Waals surface area (Å²) in [4.78, 5) is 20.0. The van der Waals surface area contributed by atoms with E-state index in [4.69, 9.17) is 0 Å². The molecule has 9 aromatic rings. The molecule has 4 aliphatic rings. The molecule has 0 atom stereocenters. The number of amides is 1. The van der Waals surface area contributed by atoms with E-state index in [1.165, 1.54) is 28.1 Å². The number of hydrogen-bond donors (Lipinski definition) is 4. The van der Waals surface area contributed by atoms with Crippen molar-refractivity contribution in [1.82, 2.24) is 58.6 Å². The number of rotatable bonds is 9. The first-order valence-corrected chi connectivity index (χ1v) is 32.4. The molecule has 0 radical (unpaired) electrons. The minimum absolute atomic E-state index is 0.0607. The van der Waals surface area contributed by atoms with Crippen LogP contribution in [0.2, 0.25) is 0 Å². The van der Waals surface area contributed by atoms with Crippen LogP contribution in [0.25, 0.3) is 43.6 Å². The van der Waals surface area contributed by atoms with E-state index in [0.29, 0.717) is 71.4 Å². The molecule has 4 aromatic heterocycles. The van der Waals surface area contributed by atoms with Gasteiger partial charge in [0.05, 0.1) is 65.1 Å². The second-order valence-electron chi connectivity index (χ2n) is 20.7. The van der Waals surface area contributed by atoms with Crippen molar-refractivity contribution in [3.8, 4) is 0 Å². The highest BCUT2D eigenvalue weighted by Gasteiger charge is 2.30. The Hall–Kier alpha value is -7.42. The largest absolute Gasteiger partial charge is 0.368 e. The second-order valence-corrected chi connectivity index (χ2v) is 26.6. The number of aromatic amines is 4. The molecule has 22 nitrogen and oxygen atoms in total. The first kappa shape index (κ1) is 56.8. The van der Waals surface area contributed by atoms with Gasteiger partial charge in [-0.25, -0.2) is 29.6 Å². The topological polar surface area (TPSA) is 257 Å². The minimum Gasteiger partial charge on any atom is -0.368 e. The highest BCUT2D eigenvalue weighted by Crippen LogP contribution is 2.34. The van der Waals surface area contributed by atoms with E-state index in [1.54, 1.807) is 15.5 Å². The number of piperidine rings is 1. The number of nitrogens with zero attached hydrogens (tertiary/aromatic N) is 11. The van der Waals surface area contributed by atoms with Crippen LogP contribution in [-0.4, -0.2) is 194 Å². The van der Waals surface area contributed by atoms with E-state index in [2.05, 4.69) is 73.7 Å². The first-order valence-electron chi connectivity index (χ1n) is 27.1. The zero-order chi connectivity index (χ0) is 56.7. The molecule has 0 spiro atoms. The van der Waals surface area contributed by atoms with Crippen molar-refractivity contribution >= 4 is 96.7 Å². The predicted molar refractivity (Wildman–Crippen MR) is 319 cm³/mol. The summed E-state index contributed by atoms with van der Waals surface area (Å²) < 4.78 is 76.0. The lowest BCUT2D eigenvalue weighted by Crippen LogP contribution is -2.49. The quantitative estimate of drug-likeness (QED) is 0.133. The Labute approximate surface area is 472 Å². The van der Waals surface area contributed by atoms with Gasteiger partial charge in [-0.3, -0.25) is 25.2 Å². The Morgan fingerprint density at radius 3 is 1.23 bits per heavy atom. The minimum atomic E-state index is -3.29. The number of anilines is 3. The zero-order valence-electron chi connectivity index (χ0n) is 45.7. The summed E-state index contributed by atoms with van der Waals surface area (Å²) in [7, 11) is -9.41. The molecule has 4 fully saturated rings. The number of piperazine rings is 3. The Morgan fingerprint density at radius 1 is 0.444 bits per heavy atom. The number of carbonyl (C=O) groups is 1. The number of carbonyl (C=O) groups excluding carboxylic acids is 1. The fourth-order valence-corrected chi connectivity index (χ4v) is 14.4. The second kappa shape index (κ2) is 24.7. The van der Waals surface area contributed by atoms with Crippen LogP contribution in [0.5, 0.6) is 0 Å². The van der Waals surface area contributed by atoms with E-state index in [-0.39, 0.29) is 11.7 Å². The Morgan fingerprint density at radius 2 is 0.815 bits per heavy atom. The molecule has 8 heterocycles. The number of H-pyrrole nitrogens is 4. The lowest BCUT2D eigenvalue weighted by molar-refractivity contribution is -0.129. The molecule has 428 valence electrons. The van der Waals surface area contributed by atoms with Gasteiger partial charge in [0, 0.05) is 137 Å². The van der Waals surface area contributed by atoms with E-state index < -0.39 is 30.1 Å². The zero-order valence-corrected chi connectivity index (χ0v) is 48.2. The van der Waals surface area contributed by atoms with E-state index in [0.717, 1.165) is 99.6 Å². The molecule has 0 saturated carbocycles. The average Bonchev–Trinajstić information content (AvgIpc) is 4.35. The standard InChI is InChI=1S/C18H20N4O2S.C13H16N4O.C13H17N3O2S.C12H16N4O2S/c23-25(24,14-15-5-2-1-3-6-15)22-11-9-21(10-12-22)18-8-4-7-17-16(18)13-19-20-17;1-10(18)16-5-7-17(8-6-16)13-4-2-3-12-11(13)9-14-15-12;1-19(17,18)16-7-5-10(6-8-16)11-3-2-4-13-12(11)9-14-15-13;1-19(17,18)16-7-5-15(6-8-16)12-4-2-3-11-10(12)9-13-14-11/h1-8,13H,9-12,14H2,(H,19,20);2-4,9H,5-8H2,1H3,(H,14,15);2-4,9-10H,5-8H2,1H3,(H,14,15);2-4,9H,5-8H2,1H3,(H,13,14). The van der Waals surface area contributed by atoms with Gasteiger partial charge in [-0.1, -0.05) is 60.7 Å². The molecule has 1 amide bonds. The van der Waals surface area contributed by atoms with Crippen LogP contribution in [0, 0.1) is 0 Å². The number of aromatic nitrogens is 8. The summed E-state index contributed by atoms with van der Waals surface area (Å²) >= 11 is 0. The molecule has 4 aliphatic heterocycles. The molecule has 0 bridgehead atoms. The van der Waals surface area contributed by atoms with Crippen molar-refractivity contribution in [3.63, 3.8) is 0 Å². The van der Waals surface area contributed by atoms with Crippen LogP contribution in [0.1, 0.15) is 36.8 Å². The van der Waals surface area contributed by atoms with Crippen molar-refractivity contribution in [1.29, 1.82) is 0 Å². The maximum Gasteiger partial charge on any atom is 0.219 e. The van der Waals surface area contributed by atoms with Crippen molar-refractivity contribution in [2.45, 2.75) is 31.4 Å². The molecule has 4 N–H and O–H groups in total. The van der Waals surface area contributed by atoms with E-state index in [9.17, 15) is 30.0 Å². The van der Waals surface area contributed by atoms with Crippen LogP contribution < -0.4 is 14.7 Å². The molecule has 81 heavy (non-hydrogen) atoms. The van der Waals surface area contributed by atoms with Crippen LogP contribution in [-0.2, 0) is 40.6 Å². The van der Waals surface area contributed by atoms with Crippen molar-refractivity contribution in [2.24, 2.45) is 0 Å². The monoisotopic (exact) mass is 1160 g/mol. The molecule has 25 heteroatoms. The van der Waals surface area contributed by atoms with Crippen molar-refractivity contribution in [2.75, 3.05) is 119 Å². The lowest BCUT2D eigenvalue weighted by atomic mass is 9.88. The van der Waals surface area contributed by atoms with E-state index >= 15 is 0 Å². The molecule has 0 unspecified atom stereocenters. The van der Waals surface area contributed by atoms with Crippen molar-refractivity contribution in [3.05, 3.63) is 139 Å². The Kier molecular flexibility index (Phi) is 17.4. The molecule has 13 rings (SSSR count). The third-order valence-corrected chi connectivity index (χ3v) is 20.0. The Bertz CT molecular complexity index is 3790. The van der Waals surface area contributed by atoms with Gasteiger partial charge in [0.25, 0.3) is 0 Å². The summed E-state index contributed by atoms with van der Waals surface area (Å²) in [6.45, 7) is 11.0. The van der Waals surface area contributed by atoms with Crippen LogP contribution in [0.15, 0.2) is 128 Å². The smallest absolute Gasteiger partial charge is 0.219 e. The van der Waals surface area contributed by atoms with Crippen LogP contribution in [0.3, 0.4) is 0 Å². The highest BCUT2D eigenvalue weighted by atomic mass is 32.2. The molecule has 5 aromatic carbocycles. The number of nitrogens with one attached hydrogen (secondary N) is 4. The maximum absolute atomic E-state index is 12.7. The van der Waals surface area contributed by atoms with Gasteiger partial charge in [-0.2, -0.15) is 29.0 Å². The van der Waals surface area contributed by atoms with Crippen LogP contribution >= 0.6 is 0 Å². The average molecular weight is 1160 g/mol. The van der Waals surface area contributed by atoms with Crippen LogP contribution in [0.4, 0.5) is 17.1 Å². The maximum atomic E-state index is 12.7. The number of fused-ring (bicyclic) bond motifs is 4. The molecular weight excluding hydrogens is 1090 g/mol. The normalized spacial score (nSPS) is 17.4. The number of benzene rings is 5. The third kappa shape index (κ3) is 13.5. The van der Waals surface area contributed by atoms with Gasteiger partial charge in [-0.15, -0.1) is 0 Å². The highest BCUT2D eigenvalue weighted by molar-refractivity contribution is 7.88. The summed E-state index contributed by atoms with van der Waals surface area (Å²) in [5.74, 6) is 0.640. The summed E-state index contributed by atoms with van der Waals surface area (Å²) in [5.41, 5.74) is 9.62.